The summed E-state index contributed by atoms with van der Waals surface area (Å²) in [5.74, 6) is 3.32. The summed E-state index contributed by atoms with van der Waals surface area (Å²) in [7, 11) is 3.65. The maximum absolute atomic E-state index is 5.08. The molecule has 0 atom stereocenters. The number of nitrogens with one attached hydrogen (secondary N) is 2. The highest BCUT2D eigenvalue weighted by Crippen LogP contribution is 2.05. The van der Waals surface area contributed by atoms with Gasteiger partial charge in [-0.25, -0.2) is 4.99 Å². The first-order chi connectivity index (χ1) is 11.0. The molecule has 132 valence electrons. The van der Waals surface area contributed by atoms with Crippen LogP contribution in [0.2, 0.25) is 0 Å². The highest BCUT2D eigenvalue weighted by molar-refractivity contribution is 5.79. The third kappa shape index (κ3) is 7.97. The maximum atomic E-state index is 5.08. The van der Waals surface area contributed by atoms with Gasteiger partial charge in [-0.05, 0) is 19.3 Å². The van der Waals surface area contributed by atoms with Crippen LogP contribution in [0.5, 0.6) is 0 Å². The quantitative estimate of drug-likeness (QED) is 0.389. The van der Waals surface area contributed by atoms with Crippen LogP contribution in [-0.2, 0) is 18.3 Å². The van der Waals surface area contributed by atoms with E-state index in [-0.39, 0.29) is 0 Å². The average Bonchev–Trinajstić information content (AvgIpc) is 2.83. The number of nitrogens with zero attached hydrogens (tertiary/aromatic N) is 4. The Morgan fingerprint density at radius 3 is 2.57 bits per heavy atom. The van der Waals surface area contributed by atoms with Gasteiger partial charge in [-0.15, -0.1) is 10.2 Å². The molecule has 7 nitrogen and oxygen atoms in total. The summed E-state index contributed by atoms with van der Waals surface area (Å²) in [5, 5.41) is 14.8. The minimum atomic E-state index is 0.506. The van der Waals surface area contributed by atoms with Crippen LogP contribution in [0.4, 0.5) is 0 Å². The second-order valence-electron chi connectivity index (χ2n) is 6.12. The number of aliphatic imine (C=N–C) groups is 1. The molecule has 0 spiro atoms. The minimum Gasteiger partial charge on any atom is -0.383 e. The summed E-state index contributed by atoms with van der Waals surface area (Å²) in [6, 6.07) is 0. The third-order valence-corrected chi connectivity index (χ3v) is 3.66. The van der Waals surface area contributed by atoms with Crippen molar-refractivity contribution < 1.29 is 4.74 Å². The summed E-state index contributed by atoms with van der Waals surface area (Å²) in [6.45, 7) is 9.26. The largest absolute Gasteiger partial charge is 0.383 e. The van der Waals surface area contributed by atoms with Gasteiger partial charge in [-0.3, -0.25) is 0 Å². The fourth-order valence-corrected chi connectivity index (χ4v) is 2.07. The van der Waals surface area contributed by atoms with Crippen molar-refractivity contribution in [2.24, 2.45) is 18.0 Å². The Kier molecular flexibility index (Phi) is 9.28. The number of unbranched alkanes of at least 4 members (excludes halogenated alkanes) is 1. The van der Waals surface area contributed by atoms with Crippen LogP contribution in [0.3, 0.4) is 0 Å². The number of ether oxygens (including phenoxy) is 1. The standard InChI is InChI=1S/C16H32N6O/c1-13(2)8-6-7-9-17-16(18-10-11-23-5)19-12-15-21-20-14(3)22(15)4/h13H,6-12H2,1-5H3,(H2,17,18,19). The molecule has 0 aromatic carbocycles. The normalized spacial score (nSPS) is 12.0. The monoisotopic (exact) mass is 324 g/mol. The number of aromatic nitrogens is 3. The van der Waals surface area contributed by atoms with Crippen LogP contribution in [0.25, 0.3) is 0 Å². The molecule has 0 fully saturated rings. The van der Waals surface area contributed by atoms with Gasteiger partial charge in [0.25, 0.3) is 0 Å². The van der Waals surface area contributed by atoms with E-state index in [1.165, 1.54) is 12.8 Å². The van der Waals surface area contributed by atoms with Crippen LogP contribution in [-0.4, -0.2) is 47.5 Å². The lowest BCUT2D eigenvalue weighted by atomic mass is 10.1. The summed E-state index contributed by atoms with van der Waals surface area (Å²) in [4.78, 5) is 4.59. The van der Waals surface area contributed by atoms with Crippen molar-refractivity contribution in [3.8, 4) is 0 Å². The molecule has 2 N–H and O–H groups in total. The van der Waals surface area contributed by atoms with E-state index in [0.717, 1.165) is 43.0 Å². The molecule has 1 aromatic heterocycles. The molecule has 0 bridgehead atoms. The third-order valence-electron chi connectivity index (χ3n) is 3.66. The van der Waals surface area contributed by atoms with E-state index in [2.05, 4.69) is 39.7 Å². The Labute approximate surface area is 139 Å². The molecular formula is C16H32N6O. The van der Waals surface area contributed by atoms with Crippen molar-refractivity contribution in [1.29, 1.82) is 0 Å². The predicted molar refractivity (Wildman–Crippen MR) is 93.4 cm³/mol. The molecule has 1 heterocycles. The van der Waals surface area contributed by atoms with Gasteiger partial charge in [-0.1, -0.05) is 26.7 Å². The summed E-state index contributed by atoms with van der Waals surface area (Å²) < 4.78 is 7.03. The minimum absolute atomic E-state index is 0.506. The molecular weight excluding hydrogens is 292 g/mol. The smallest absolute Gasteiger partial charge is 0.191 e. The summed E-state index contributed by atoms with van der Waals surface area (Å²) in [5.41, 5.74) is 0. The van der Waals surface area contributed by atoms with E-state index in [9.17, 15) is 0 Å². The Hall–Kier alpha value is -1.63. The van der Waals surface area contributed by atoms with E-state index in [4.69, 9.17) is 4.74 Å². The Morgan fingerprint density at radius 1 is 1.22 bits per heavy atom. The van der Waals surface area contributed by atoms with Crippen LogP contribution < -0.4 is 10.6 Å². The van der Waals surface area contributed by atoms with E-state index < -0.39 is 0 Å². The second kappa shape index (κ2) is 11.0. The molecule has 0 aliphatic heterocycles. The number of rotatable bonds is 10. The van der Waals surface area contributed by atoms with Gasteiger partial charge in [-0.2, -0.15) is 0 Å². The van der Waals surface area contributed by atoms with Crippen molar-refractivity contribution in [3.05, 3.63) is 11.6 Å². The number of guanidine groups is 1. The zero-order chi connectivity index (χ0) is 17.1. The van der Waals surface area contributed by atoms with Gasteiger partial charge < -0.3 is 19.9 Å². The van der Waals surface area contributed by atoms with E-state index in [1.54, 1.807) is 7.11 Å². The molecule has 0 unspecified atom stereocenters. The highest BCUT2D eigenvalue weighted by Gasteiger charge is 2.05. The molecule has 0 aliphatic carbocycles. The van der Waals surface area contributed by atoms with E-state index in [0.29, 0.717) is 13.2 Å². The van der Waals surface area contributed by atoms with Gasteiger partial charge in [0.15, 0.2) is 11.8 Å². The first-order valence-corrected chi connectivity index (χ1v) is 8.40. The van der Waals surface area contributed by atoms with Crippen LogP contribution >= 0.6 is 0 Å². The molecule has 0 saturated heterocycles. The zero-order valence-electron chi connectivity index (χ0n) is 15.2. The van der Waals surface area contributed by atoms with Crippen molar-refractivity contribution in [1.82, 2.24) is 25.4 Å². The van der Waals surface area contributed by atoms with Gasteiger partial charge in [0.05, 0.1) is 6.61 Å². The van der Waals surface area contributed by atoms with Crippen LogP contribution in [0.1, 0.15) is 44.8 Å². The zero-order valence-corrected chi connectivity index (χ0v) is 15.2. The van der Waals surface area contributed by atoms with Crippen LogP contribution in [0, 0.1) is 12.8 Å². The first-order valence-electron chi connectivity index (χ1n) is 8.40. The number of aryl methyl sites for hydroxylation is 1. The summed E-state index contributed by atoms with van der Waals surface area (Å²) >= 11 is 0. The molecule has 23 heavy (non-hydrogen) atoms. The van der Waals surface area contributed by atoms with E-state index in [1.807, 2.05) is 18.5 Å². The van der Waals surface area contributed by atoms with Gasteiger partial charge >= 0.3 is 0 Å². The highest BCUT2D eigenvalue weighted by atomic mass is 16.5. The Bertz CT molecular complexity index is 469. The number of hydrogen-bond donors (Lipinski definition) is 2. The first kappa shape index (κ1) is 19.4. The molecule has 1 rings (SSSR count). The van der Waals surface area contributed by atoms with E-state index >= 15 is 0 Å². The molecule has 0 saturated carbocycles. The lowest BCUT2D eigenvalue weighted by molar-refractivity contribution is 0.203. The molecule has 1 aromatic rings. The van der Waals surface area contributed by atoms with Crippen molar-refractivity contribution in [2.75, 3.05) is 26.8 Å². The predicted octanol–water partition coefficient (Wildman–Crippen LogP) is 1.63. The molecule has 0 radical (unpaired) electrons. The summed E-state index contributed by atoms with van der Waals surface area (Å²) in [6.07, 6.45) is 3.65. The van der Waals surface area contributed by atoms with Crippen molar-refractivity contribution in [2.45, 2.75) is 46.6 Å². The van der Waals surface area contributed by atoms with Gasteiger partial charge in [0.1, 0.15) is 12.4 Å². The van der Waals surface area contributed by atoms with Crippen molar-refractivity contribution in [3.63, 3.8) is 0 Å². The molecule has 0 amide bonds. The topological polar surface area (TPSA) is 76.4 Å². The SMILES string of the molecule is COCCNC(=NCc1nnc(C)n1C)NCCCCC(C)C. The number of hydrogen-bond acceptors (Lipinski definition) is 4. The van der Waals surface area contributed by atoms with Crippen LogP contribution in [0.15, 0.2) is 4.99 Å². The lowest BCUT2D eigenvalue weighted by Crippen LogP contribution is -2.39. The fourth-order valence-electron chi connectivity index (χ4n) is 2.07. The fraction of sp³-hybridized carbons (Fsp3) is 0.812. The van der Waals surface area contributed by atoms with Gasteiger partial charge in [0.2, 0.25) is 0 Å². The number of methoxy groups -OCH3 is 1. The Balaban J connectivity index is 2.46. The lowest BCUT2D eigenvalue weighted by Gasteiger charge is -2.12. The van der Waals surface area contributed by atoms with Gasteiger partial charge in [0, 0.05) is 27.2 Å². The molecule has 0 aliphatic rings. The average molecular weight is 324 g/mol. The Morgan fingerprint density at radius 2 is 1.96 bits per heavy atom. The van der Waals surface area contributed by atoms with Crippen molar-refractivity contribution >= 4 is 5.96 Å². The second-order valence-corrected chi connectivity index (χ2v) is 6.12. The molecule has 7 heteroatoms. The maximum Gasteiger partial charge on any atom is 0.191 e.